The molecule has 2 aromatic rings. The Morgan fingerprint density at radius 3 is 2.83 bits per heavy atom. The van der Waals surface area contributed by atoms with E-state index in [2.05, 4.69) is 25.9 Å². The summed E-state index contributed by atoms with van der Waals surface area (Å²) in [6, 6.07) is 8.93. The first-order valence-corrected chi connectivity index (χ1v) is 5.88. The Morgan fingerprint density at radius 1 is 1.33 bits per heavy atom. The Kier molecular flexibility index (Phi) is 3.88. The van der Waals surface area contributed by atoms with Gasteiger partial charge in [-0.2, -0.15) is 4.98 Å². The van der Waals surface area contributed by atoms with Gasteiger partial charge in [-0.25, -0.2) is 9.78 Å². The van der Waals surface area contributed by atoms with Crippen LogP contribution in [0.1, 0.15) is 16.1 Å². The lowest BCUT2D eigenvalue weighted by atomic mass is 10.2. The Labute approximate surface area is 112 Å². The number of hydrogen-bond acceptors (Lipinski definition) is 4. The van der Waals surface area contributed by atoms with E-state index in [0.717, 1.165) is 10.0 Å². The third-order valence-electron chi connectivity index (χ3n) is 2.17. The van der Waals surface area contributed by atoms with E-state index in [1.807, 2.05) is 24.3 Å². The summed E-state index contributed by atoms with van der Waals surface area (Å²) in [7, 11) is 0. The molecule has 0 bridgehead atoms. The summed E-state index contributed by atoms with van der Waals surface area (Å²) in [4.78, 5) is 18.4. The maximum Gasteiger partial charge on any atom is 0.354 e. The number of benzene rings is 1. The molecule has 1 aromatic carbocycles. The van der Waals surface area contributed by atoms with Crippen LogP contribution in [0.25, 0.3) is 0 Å². The number of halogens is 1. The SMILES string of the molecule is O=C(O)c1ccnc(OCc2ccccc2Br)n1. The van der Waals surface area contributed by atoms with Crippen molar-refractivity contribution in [2.24, 2.45) is 0 Å². The molecule has 0 radical (unpaired) electrons. The average molecular weight is 309 g/mol. The van der Waals surface area contributed by atoms with Gasteiger partial charge in [0.2, 0.25) is 0 Å². The van der Waals surface area contributed by atoms with Gasteiger partial charge in [-0.15, -0.1) is 0 Å². The minimum Gasteiger partial charge on any atom is -0.477 e. The number of carbonyl (C=O) groups is 1. The van der Waals surface area contributed by atoms with Gasteiger partial charge in [0.1, 0.15) is 6.61 Å². The number of nitrogens with zero attached hydrogens (tertiary/aromatic N) is 2. The van der Waals surface area contributed by atoms with E-state index in [0.29, 0.717) is 0 Å². The molecule has 1 aromatic heterocycles. The maximum absolute atomic E-state index is 10.7. The van der Waals surface area contributed by atoms with Crippen LogP contribution < -0.4 is 4.74 Å². The van der Waals surface area contributed by atoms with Crippen molar-refractivity contribution < 1.29 is 14.6 Å². The predicted octanol–water partition coefficient (Wildman–Crippen LogP) is 2.52. The first kappa shape index (κ1) is 12.5. The molecule has 2 rings (SSSR count). The van der Waals surface area contributed by atoms with Gasteiger partial charge in [-0.05, 0) is 12.1 Å². The van der Waals surface area contributed by atoms with Gasteiger partial charge in [0, 0.05) is 16.2 Å². The lowest BCUT2D eigenvalue weighted by Crippen LogP contribution is -2.05. The van der Waals surface area contributed by atoms with E-state index in [-0.39, 0.29) is 18.3 Å². The van der Waals surface area contributed by atoms with E-state index < -0.39 is 5.97 Å². The molecular weight excluding hydrogens is 300 g/mol. The van der Waals surface area contributed by atoms with Crippen LogP contribution in [0.15, 0.2) is 41.0 Å². The van der Waals surface area contributed by atoms with Gasteiger partial charge in [0.25, 0.3) is 0 Å². The van der Waals surface area contributed by atoms with Gasteiger partial charge in [-0.3, -0.25) is 0 Å². The van der Waals surface area contributed by atoms with Crippen LogP contribution in [0.3, 0.4) is 0 Å². The van der Waals surface area contributed by atoms with Gasteiger partial charge < -0.3 is 9.84 Å². The van der Waals surface area contributed by atoms with Crippen molar-refractivity contribution in [1.82, 2.24) is 9.97 Å². The van der Waals surface area contributed by atoms with Crippen molar-refractivity contribution in [2.45, 2.75) is 6.61 Å². The zero-order valence-electron chi connectivity index (χ0n) is 9.21. The minimum absolute atomic E-state index is 0.0469. The molecule has 6 heteroatoms. The molecule has 0 unspecified atom stereocenters. The summed E-state index contributed by atoms with van der Waals surface area (Å²) in [6.45, 7) is 0.268. The molecule has 0 fully saturated rings. The molecule has 0 saturated carbocycles. The van der Waals surface area contributed by atoms with E-state index >= 15 is 0 Å². The fourth-order valence-corrected chi connectivity index (χ4v) is 1.69. The van der Waals surface area contributed by atoms with Crippen molar-refractivity contribution in [2.75, 3.05) is 0 Å². The highest BCUT2D eigenvalue weighted by Crippen LogP contribution is 2.17. The highest BCUT2D eigenvalue weighted by molar-refractivity contribution is 9.10. The Balaban J connectivity index is 2.09. The van der Waals surface area contributed by atoms with E-state index in [4.69, 9.17) is 9.84 Å². The summed E-state index contributed by atoms with van der Waals surface area (Å²) < 4.78 is 6.26. The first-order chi connectivity index (χ1) is 8.66. The number of carboxylic acid groups (broad SMARTS) is 1. The zero-order chi connectivity index (χ0) is 13.0. The molecule has 5 nitrogen and oxygen atoms in total. The molecule has 0 aliphatic carbocycles. The van der Waals surface area contributed by atoms with Gasteiger partial charge in [0.05, 0.1) is 0 Å². The Morgan fingerprint density at radius 2 is 2.11 bits per heavy atom. The molecule has 0 aliphatic rings. The van der Waals surface area contributed by atoms with Crippen molar-refractivity contribution >= 4 is 21.9 Å². The summed E-state index contributed by atoms with van der Waals surface area (Å²) in [5.74, 6) is -1.11. The molecule has 0 spiro atoms. The van der Waals surface area contributed by atoms with Crippen LogP contribution >= 0.6 is 15.9 Å². The monoisotopic (exact) mass is 308 g/mol. The molecule has 0 amide bonds. The van der Waals surface area contributed by atoms with Gasteiger partial charge >= 0.3 is 12.0 Å². The quantitative estimate of drug-likeness (QED) is 0.939. The highest BCUT2D eigenvalue weighted by Gasteiger charge is 2.07. The number of aromatic nitrogens is 2. The molecule has 92 valence electrons. The molecule has 0 saturated heterocycles. The van der Waals surface area contributed by atoms with Gasteiger partial charge in [0.15, 0.2) is 5.69 Å². The summed E-state index contributed by atoms with van der Waals surface area (Å²) in [5, 5.41) is 8.79. The molecule has 0 aliphatic heterocycles. The number of hydrogen-bond donors (Lipinski definition) is 1. The lowest BCUT2D eigenvalue weighted by molar-refractivity contribution is 0.0688. The van der Waals surface area contributed by atoms with Crippen LogP contribution in [-0.2, 0) is 6.61 Å². The first-order valence-electron chi connectivity index (χ1n) is 5.09. The van der Waals surface area contributed by atoms with Crippen molar-refractivity contribution in [1.29, 1.82) is 0 Å². The van der Waals surface area contributed by atoms with E-state index in [1.165, 1.54) is 12.3 Å². The average Bonchev–Trinajstić information content (AvgIpc) is 2.38. The van der Waals surface area contributed by atoms with Crippen molar-refractivity contribution in [3.63, 3.8) is 0 Å². The molecule has 1 heterocycles. The third kappa shape index (κ3) is 3.04. The topological polar surface area (TPSA) is 72.3 Å². The summed E-state index contributed by atoms with van der Waals surface area (Å²) in [5.41, 5.74) is 0.842. The van der Waals surface area contributed by atoms with Crippen LogP contribution in [0.5, 0.6) is 6.01 Å². The standard InChI is InChI=1S/C12H9BrN2O3/c13-9-4-2-1-3-8(9)7-18-12-14-6-5-10(15-12)11(16)17/h1-6H,7H2,(H,16,17). The van der Waals surface area contributed by atoms with Crippen LogP contribution in [0, 0.1) is 0 Å². The molecule has 1 N–H and O–H groups in total. The predicted molar refractivity (Wildman–Crippen MR) is 67.5 cm³/mol. The number of ether oxygens (including phenoxy) is 1. The largest absolute Gasteiger partial charge is 0.477 e. The number of rotatable bonds is 4. The van der Waals surface area contributed by atoms with E-state index in [1.54, 1.807) is 0 Å². The second kappa shape index (κ2) is 5.59. The molecule has 0 atom stereocenters. The third-order valence-corrected chi connectivity index (χ3v) is 2.94. The Hall–Kier alpha value is -1.95. The highest BCUT2D eigenvalue weighted by atomic mass is 79.9. The zero-order valence-corrected chi connectivity index (χ0v) is 10.8. The second-order valence-corrected chi connectivity index (χ2v) is 4.26. The summed E-state index contributed by atoms with van der Waals surface area (Å²) in [6.07, 6.45) is 1.35. The minimum atomic E-state index is -1.11. The van der Waals surface area contributed by atoms with Gasteiger partial charge in [-0.1, -0.05) is 34.1 Å². The normalized spacial score (nSPS) is 10.1. The Bertz CT molecular complexity index is 575. The van der Waals surface area contributed by atoms with Crippen LogP contribution in [0.4, 0.5) is 0 Å². The molecular formula is C12H9BrN2O3. The number of carboxylic acids is 1. The summed E-state index contributed by atoms with van der Waals surface area (Å²) >= 11 is 3.39. The van der Waals surface area contributed by atoms with Crippen LogP contribution in [-0.4, -0.2) is 21.0 Å². The lowest BCUT2D eigenvalue weighted by Gasteiger charge is -2.06. The fraction of sp³-hybridized carbons (Fsp3) is 0.0833. The smallest absolute Gasteiger partial charge is 0.354 e. The van der Waals surface area contributed by atoms with Crippen LogP contribution in [0.2, 0.25) is 0 Å². The van der Waals surface area contributed by atoms with Crippen molar-refractivity contribution in [3.05, 3.63) is 52.3 Å². The fourth-order valence-electron chi connectivity index (χ4n) is 1.29. The van der Waals surface area contributed by atoms with Crippen molar-refractivity contribution in [3.8, 4) is 6.01 Å². The maximum atomic E-state index is 10.7. The van der Waals surface area contributed by atoms with E-state index in [9.17, 15) is 4.79 Å². The number of aromatic carboxylic acids is 1. The molecule has 18 heavy (non-hydrogen) atoms. The second-order valence-electron chi connectivity index (χ2n) is 3.41.